The van der Waals surface area contributed by atoms with Crippen LogP contribution in [0.2, 0.25) is 0 Å². The minimum atomic E-state index is -4.39. The van der Waals surface area contributed by atoms with Crippen molar-refractivity contribution in [3.8, 4) is 28.6 Å². The third-order valence-corrected chi connectivity index (χ3v) is 3.42. The van der Waals surface area contributed by atoms with Crippen LogP contribution >= 0.6 is 0 Å². The van der Waals surface area contributed by atoms with Gasteiger partial charge in [0.05, 0.1) is 12.7 Å². The fourth-order valence-electron chi connectivity index (χ4n) is 2.26. The van der Waals surface area contributed by atoms with Crippen LogP contribution in [0.15, 0.2) is 60.9 Å². The van der Waals surface area contributed by atoms with E-state index in [2.05, 4.69) is 9.97 Å². The van der Waals surface area contributed by atoms with E-state index in [9.17, 15) is 13.2 Å². The lowest BCUT2D eigenvalue weighted by atomic mass is 10.1. The van der Waals surface area contributed by atoms with Crippen LogP contribution in [0, 0.1) is 0 Å². The number of ether oxygens (including phenoxy) is 2. The molecule has 0 saturated heterocycles. The molecule has 0 saturated carbocycles. The lowest BCUT2D eigenvalue weighted by Gasteiger charge is -2.12. The van der Waals surface area contributed by atoms with Crippen molar-refractivity contribution in [2.45, 2.75) is 6.18 Å². The molecule has 25 heavy (non-hydrogen) atoms. The van der Waals surface area contributed by atoms with Crippen molar-refractivity contribution in [2.75, 3.05) is 7.11 Å². The fourth-order valence-corrected chi connectivity index (χ4v) is 2.26. The summed E-state index contributed by atoms with van der Waals surface area (Å²) in [6.45, 7) is 0. The molecule has 0 aliphatic rings. The van der Waals surface area contributed by atoms with Gasteiger partial charge >= 0.3 is 6.18 Å². The number of rotatable bonds is 4. The summed E-state index contributed by atoms with van der Waals surface area (Å²) in [7, 11) is 1.50. The molecule has 0 N–H and O–H groups in total. The summed E-state index contributed by atoms with van der Waals surface area (Å²) in [6.07, 6.45) is -1.27. The minimum absolute atomic E-state index is 0.244. The molecule has 0 radical (unpaired) electrons. The maximum Gasteiger partial charge on any atom is 0.416 e. The molecule has 2 heterocycles. The Bertz CT molecular complexity index is 865. The molecule has 3 aromatic rings. The van der Waals surface area contributed by atoms with Crippen LogP contribution in [-0.2, 0) is 6.18 Å². The van der Waals surface area contributed by atoms with Crippen LogP contribution in [0.5, 0.6) is 17.5 Å². The predicted octanol–water partition coefficient (Wildman–Crippen LogP) is 4.96. The number of pyridine rings is 2. The van der Waals surface area contributed by atoms with Crippen molar-refractivity contribution in [3.05, 3.63) is 66.5 Å². The molecule has 0 fully saturated rings. The first kappa shape index (κ1) is 16.8. The molecule has 0 atom stereocenters. The number of alkyl halides is 3. The number of aromatic nitrogens is 2. The van der Waals surface area contributed by atoms with Crippen LogP contribution in [0.1, 0.15) is 5.56 Å². The molecule has 0 bridgehead atoms. The summed E-state index contributed by atoms with van der Waals surface area (Å²) in [5, 5.41) is 0. The van der Waals surface area contributed by atoms with E-state index in [4.69, 9.17) is 9.47 Å². The molecule has 7 heteroatoms. The molecule has 4 nitrogen and oxygen atoms in total. The minimum Gasteiger partial charge on any atom is -0.481 e. The molecule has 2 aromatic heterocycles. The number of hydrogen-bond donors (Lipinski definition) is 0. The van der Waals surface area contributed by atoms with E-state index >= 15 is 0 Å². The first-order chi connectivity index (χ1) is 12.0. The standard InChI is InChI=1S/C18H13F3N2O2/c1-24-16-14(4-2-10-22-16)15-5-3-11-23-17(15)25-13-8-6-12(7-9-13)18(19,20)21/h2-11H,1H3. The van der Waals surface area contributed by atoms with Gasteiger partial charge in [-0.15, -0.1) is 0 Å². The molecular weight excluding hydrogens is 333 g/mol. The summed E-state index contributed by atoms with van der Waals surface area (Å²) < 4.78 is 48.8. The molecule has 0 aliphatic carbocycles. The molecule has 3 rings (SSSR count). The SMILES string of the molecule is COc1ncccc1-c1cccnc1Oc1ccc(C(F)(F)F)cc1. The Morgan fingerprint density at radius 3 is 1.92 bits per heavy atom. The van der Waals surface area contributed by atoms with E-state index in [1.807, 2.05) is 0 Å². The van der Waals surface area contributed by atoms with E-state index in [0.717, 1.165) is 12.1 Å². The molecule has 0 spiro atoms. The van der Waals surface area contributed by atoms with Gasteiger partial charge in [-0.25, -0.2) is 9.97 Å². The van der Waals surface area contributed by atoms with Crippen LogP contribution in [0.4, 0.5) is 13.2 Å². The highest BCUT2D eigenvalue weighted by Crippen LogP contribution is 2.36. The van der Waals surface area contributed by atoms with Crippen LogP contribution in [0.25, 0.3) is 11.1 Å². The van der Waals surface area contributed by atoms with Gasteiger partial charge in [0, 0.05) is 23.5 Å². The first-order valence-corrected chi connectivity index (χ1v) is 7.28. The smallest absolute Gasteiger partial charge is 0.416 e. The van der Waals surface area contributed by atoms with Gasteiger partial charge in [-0.3, -0.25) is 0 Å². The summed E-state index contributed by atoms with van der Waals surface area (Å²) in [5.41, 5.74) is 0.544. The molecule has 0 aliphatic heterocycles. The molecule has 128 valence electrons. The van der Waals surface area contributed by atoms with E-state index in [1.165, 1.54) is 25.4 Å². The number of methoxy groups -OCH3 is 1. The average molecular weight is 346 g/mol. The average Bonchev–Trinajstić information content (AvgIpc) is 2.62. The van der Waals surface area contributed by atoms with E-state index in [0.29, 0.717) is 17.0 Å². The van der Waals surface area contributed by atoms with Gasteiger partial charge in [0.1, 0.15) is 5.75 Å². The lowest BCUT2D eigenvalue weighted by molar-refractivity contribution is -0.137. The van der Waals surface area contributed by atoms with Gasteiger partial charge in [-0.05, 0) is 48.5 Å². The monoisotopic (exact) mass is 346 g/mol. The Kier molecular flexibility index (Phi) is 4.56. The largest absolute Gasteiger partial charge is 0.481 e. The zero-order chi connectivity index (χ0) is 17.9. The van der Waals surface area contributed by atoms with Gasteiger partial charge in [-0.1, -0.05) is 0 Å². The van der Waals surface area contributed by atoms with Crippen molar-refractivity contribution in [1.82, 2.24) is 9.97 Å². The summed E-state index contributed by atoms with van der Waals surface area (Å²) in [6, 6.07) is 11.5. The molecular formula is C18H13F3N2O2. The predicted molar refractivity (Wildman–Crippen MR) is 85.5 cm³/mol. The summed E-state index contributed by atoms with van der Waals surface area (Å²) >= 11 is 0. The van der Waals surface area contributed by atoms with Crippen molar-refractivity contribution in [2.24, 2.45) is 0 Å². The van der Waals surface area contributed by atoms with Gasteiger partial charge in [0.2, 0.25) is 11.8 Å². The van der Waals surface area contributed by atoms with Gasteiger partial charge < -0.3 is 9.47 Å². The van der Waals surface area contributed by atoms with Crippen molar-refractivity contribution < 1.29 is 22.6 Å². The second-order valence-corrected chi connectivity index (χ2v) is 5.04. The van der Waals surface area contributed by atoms with Crippen LogP contribution < -0.4 is 9.47 Å². The van der Waals surface area contributed by atoms with Crippen LogP contribution in [-0.4, -0.2) is 17.1 Å². The van der Waals surface area contributed by atoms with Crippen molar-refractivity contribution in [3.63, 3.8) is 0 Å². The Morgan fingerprint density at radius 2 is 1.36 bits per heavy atom. The number of halogens is 3. The number of benzene rings is 1. The maximum absolute atomic E-state index is 12.6. The highest BCUT2D eigenvalue weighted by atomic mass is 19.4. The maximum atomic E-state index is 12.6. The molecule has 0 unspecified atom stereocenters. The topological polar surface area (TPSA) is 44.2 Å². The van der Waals surface area contributed by atoms with Crippen LogP contribution in [0.3, 0.4) is 0 Å². The van der Waals surface area contributed by atoms with Crippen molar-refractivity contribution >= 4 is 0 Å². The molecule has 0 amide bonds. The zero-order valence-corrected chi connectivity index (χ0v) is 13.1. The summed E-state index contributed by atoms with van der Waals surface area (Å²) in [4.78, 5) is 8.30. The summed E-state index contributed by atoms with van der Waals surface area (Å²) in [5.74, 6) is 0.886. The van der Waals surface area contributed by atoms with E-state index in [-0.39, 0.29) is 11.6 Å². The Morgan fingerprint density at radius 1 is 0.800 bits per heavy atom. The fraction of sp³-hybridized carbons (Fsp3) is 0.111. The normalized spacial score (nSPS) is 11.2. The third-order valence-electron chi connectivity index (χ3n) is 3.42. The highest BCUT2D eigenvalue weighted by Gasteiger charge is 2.30. The van der Waals surface area contributed by atoms with Crippen molar-refractivity contribution in [1.29, 1.82) is 0 Å². The Hall–Kier alpha value is -3.09. The lowest BCUT2D eigenvalue weighted by Crippen LogP contribution is -2.04. The Balaban J connectivity index is 1.94. The number of hydrogen-bond acceptors (Lipinski definition) is 4. The number of nitrogens with zero attached hydrogens (tertiary/aromatic N) is 2. The van der Waals surface area contributed by atoms with Gasteiger partial charge in [-0.2, -0.15) is 13.2 Å². The quantitative estimate of drug-likeness (QED) is 0.669. The first-order valence-electron chi connectivity index (χ1n) is 7.28. The highest BCUT2D eigenvalue weighted by molar-refractivity contribution is 5.73. The molecule has 1 aromatic carbocycles. The van der Waals surface area contributed by atoms with E-state index < -0.39 is 11.7 Å². The second kappa shape index (κ2) is 6.80. The zero-order valence-electron chi connectivity index (χ0n) is 13.1. The van der Waals surface area contributed by atoms with Gasteiger partial charge in [0.25, 0.3) is 0 Å². The Labute approximate surface area is 141 Å². The second-order valence-electron chi connectivity index (χ2n) is 5.04. The van der Waals surface area contributed by atoms with E-state index in [1.54, 1.807) is 30.5 Å². The third kappa shape index (κ3) is 3.71. The van der Waals surface area contributed by atoms with Gasteiger partial charge in [0.15, 0.2) is 0 Å².